The Kier molecular flexibility index (Phi) is 5.84. The molecule has 0 amide bonds. The van der Waals surface area contributed by atoms with Gasteiger partial charge in [0.2, 0.25) is 0 Å². The van der Waals surface area contributed by atoms with E-state index in [4.69, 9.17) is 0 Å². The molecule has 1 rings (SSSR count). The van der Waals surface area contributed by atoms with E-state index in [0.29, 0.717) is 0 Å². The molecule has 0 aliphatic rings. The Balaban J connectivity index is 2.34. The van der Waals surface area contributed by atoms with E-state index in [1.165, 1.54) is 0 Å². The summed E-state index contributed by atoms with van der Waals surface area (Å²) in [6, 6.07) is 4.04. The first-order chi connectivity index (χ1) is 7.86. The monoisotopic (exact) mass is 220 g/mol. The lowest BCUT2D eigenvalue weighted by Gasteiger charge is -2.09. The summed E-state index contributed by atoms with van der Waals surface area (Å²) in [6.45, 7) is 8.98. The molecular formula is C12H20N4. The third-order valence-electron chi connectivity index (χ3n) is 2.05. The number of hydrogen-bond donors (Lipinski definition) is 2. The Morgan fingerprint density at radius 3 is 2.75 bits per heavy atom. The van der Waals surface area contributed by atoms with Gasteiger partial charge in [-0.2, -0.15) is 0 Å². The van der Waals surface area contributed by atoms with Gasteiger partial charge in [-0.05, 0) is 19.1 Å². The smallest absolute Gasteiger partial charge is 0.191 e. The lowest BCUT2D eigenvalue weighted by atomic mass is 10.6. The predicted octanol–water partition coefficient (Wildman–Crippen LogP) is 1.23. The van der Waals surface area contributed by atoms with Gasteiger partial charge in [0, 0.05) is 32.0 Å². The van der Waals surface area contributed by atoms with Crippen LogP contribution < -0.4 is 10.6 Å². The normalized spacial score (nSPS) is 11.2. The first-order valence-electron chi connectivity index (χ1n) is 5.60. The Morgan fingerprint density at radius 1 is 1.38 bits per heavy atom. The summed E-state index contributed by atoms with van der Waals surface area (Å²) in [5, 5.41) is 6.34. The molecule has 4 nitrogen and oxygen atoms in total. The molecule has 0 saturated heterocycles. The number of aliphatic imine (C=N–C) groups is 1. The van der Waals surface area contributed by atoms with Crippen LogP contribution in [0.5, 0.6) is 0 Å². The quantitative estimate of drug-likeness (QED) is 0.430. The highest BCUT2D eigenvalue weighted by atomic mass is 15.2. The maximum atomic E-state index is 4.45. The van der Waals surface area contributed by atoms with Crippen molar-refractivity contribution in [3.63, 3.8) is 0 Å². The van der Waals surface area contributed by atoms with Crippen LogP contribution in [0.15, 0.2) is 42.2 Å². The topological polar surface area (TPSA) is 41.4 Å². The van der Waals surface area contributed by atoms with E-state index in [9.17, 15) is 0 Å². The average Bonchev–Trinajstić information content (AvgIpc) is 2.79. The van der Waals surface area contributed by atoms with Crippen LogP contribution in [0.1, 0.15) is 6.92 Å². The van der Waals surface area contributed by atoms with Crippen LogP contribution in [-0.4, -0.2) is 30.2 Å². The summed E-state index contributed by atoms with van der Waals surface area (Å²) in [5.41, 5.74) is 0. The van der Waals surface area contributed by atoms with Gasteiger partial charge < -0.3 is 15.2 Å². The van der Waals surface area contributed by atoms with E-state index in [-0.39, 0.29) is 0 Å². The summed E-state index contributed by atoms with van der Waals surface area (Å²) in [4.78, 5) is 4.45. The van der Waals surface area contributed by atoms with Crippen molar-refractivity contribution in [3.8, 4) is 0 Å². The minimum atomic E-state index is 0.732. The molecule has 4 heteroatoms. The maximum Gasteiger partial charge on any atom is 0.191 e. The molecule has 0 atom stereocenters. The molecule has 0 aliphatic heterocycles. The lowest BCUT2D eigenvalue weighted by Crippen LogP contribution is -2.37. The van der Waals surface area contributed by atoms with Crippen LogP contribution in [0.3, 0.4) is 0 Å². The first kappa shape index (κ1) is 12.4. The number of aromatic nitrogens is 1. The molecule has 2 N–H and O–H groups in total. The second-order valence-electron chi connectivity index (χ2n) is 3.35. The van der Waals surface area contributed by atoms with Crippen molar-refractivity contribution in [3.05, 3.63) is 37.2 Å². The molecule has 1 aromatic heterocycles. The van der Waals surface area contributed by atoms with Crippen LogP contribution in [0.4, 0.5) is 0 Å². The summed E-state index contributed by atoms with van der Waals surface area (Å²) < 4.78 is 2.11. The zero-order chi connectivity index (χ0) is 11.6. The largest absolute Gasteiger partial charge is 0.357 e. The number of rotatable bonds is 6. The van der Waals surface area contributed by atoms with Gasteiger partial charge in [0.05, 0.1) is 6.54 Å². The zero-order valence-corrected chi connectivity index (χ0v) is 9.82. The highest BCUT2D eigenvalue weighted by Gasteiger charge is 1.94. The predicted molar refractivity (Wildman–Crippen MR) is 68.6 cm³/mol. The Bertz CT molecular complexity index is 314. The van der Waals surface area contributed by atoms with Crippen molar-refractivity contribution in [2.24, 2.45) is 4.99 Å². The Hall–Kier alpha value is -1.71. The van der Waals surface area contributed by atoms with Gasteiger partial charge in [0.15, 0.2) is 5.96 Å². The van der Waals surface area contributed by atoms with E-state index < -0.39 is 0 Å². The van der Waals surface area contributed by atoms with E-state index in [1.807, 2.05) is 30.6 Å². The molecule has 0 unspecified atom stereocenters. The van der Waals surface area contributed by atoms with Crippen molar-refractivity contribution in [2.45, 2.75) is 13.5 Å². The molecule has 0 radical (unpaired) electrons. The number of nitrogens with one attached hydrogen (secondary N) is 2. The first-order valence-corrected chi connectivity index (χ1v) is 5.60. The molecule has 0 aromatic carbocycles. The van der Waals surface area contributed by atoms with Crippen LogP contribution in [0, 0.1) is 0 Å². The third-order valence-corrected chi connectivity index (χ3v) is 2.05. The lowest BCUT2D eigenvalue weighted by molar-refractivity contribution is 0.706. The van der Waals surface area contributed by atoms with Crippen LogP contribution in [0.2, 0.25) is 0 Å². The molecule has 1 heterocycles. The third kappa shape index (κ3) is 4.68. The van der Waals surface area contributed by atoms with Gasteiger partial charge in [-0.25, -0.2) is 0 Å². The van der Waals surface area contributed by atoms with Gasteiger partial charge in [0.25, 0.3) is 0 Å². The molecule has 1 aromatic rings. The molecule has 0 spiro atoms. The van der Waals surface area contributed by atoms with Crippen molar-refractivity contribution in [2.75, 3.05) is 19.6 Å². The number of guanidine groups is 1. The van der Waals surface area contributed by atoms with Gasteiger partial charge in [0.1, 0.15) is 0 Å². The van der Waals surface area contributed by atoms with E-state index in [1.54, 1.807) is 0 Å². The highest BCUT2D eigenvalue weighted by Crippen LogP contribution is 1.89. The molecule has 0 bridgehead atoms. The van der Waals surface area contributed by atoms with Crippen molar-refractivity contribution < 1.29 is 0 Å². The standard InChI is InChI=1S/C12H20N4/c1-3-7-14-12(13-4-2)15-8-11-16-9-5-6-10-16/h3,5-6,9-10H,1,4,7-8,11H2,2H3,(H2,13,14,15). The Labute approximate surface area is 97.1 Å². The number of hydrogen-bond acceptors (Lipinski definition) is 1. The highest BCUT2D eigenvalue weighted by molar-refractivity contribution is 5.79. The van der Waals surface area contributed by atoms with E-state index in [2.05, 4.69) is 33.7 Å². The summed E-state index contributed by atoms with van der Waals surface area (Å²) in [6.07, 6.45) is 5.90. The Morgan fingerprint density at radius 2 is 2.12 bits per heavy atom. The van der Waals surface area contributed by atoms with Gasteiger partial charge >= 0.3 is 0 Å². The molecule has 16 heavy (non-hydrogen) atoms. The van der Waals surface area contributed by atoms with Crippen molar-refractivity contribution >= 4 is 5.96 Å². The molecular weight excluding hydrogens is 200 g/mol. The average molecular weight is 220 g/mol. The van der Waals surface area contributed by atoms with Gasteiger partial charge in [-0.3, -0.25) is 4.99 Å². The van der Waals surface area contributed by atoms with Crippen LogP contribution in [-0.2, 0) is 6.54 Å². The molecule has 0 aliphatic carbocycles. The minimum absolute atomic E-state index is 0.732. The fourth-order valence-corrected chi connectivity index (χ4v) is 1.31. The van der Waals surface area contributed by atoms with E-state index in [0.717, 1.165) is 32.1 Å². The zero-order valence-electron chi connectivity index (χ0n) is 9.82. The van der Waals surface area contributed by atoms with Crippen molar-refractivity contribution in [1.82, 2.24) is 15.2 Å². The number of nitrogens with zero attached hydrogens (tertiary/aromatic N) is 2. The molecule has 0 fully saturated rings. The van der Waals surface area contributed by atoms with Crippen LogP contribution in [0.25, 0.3) is 0 Å². The second kappa shape index (κ2) is 7.56. The van der Waals surface area contributed by atoms with Gasteiger partial charge in [-0.1, -0.05) is 6.08 Å². The van der Waals surface area contributed by atoms with Crippen molar-refractivity contribution in [1.29, 1.82) is 0 Å². The molecule has 0 saturated carbocycles. The van der Waals surface area contributed by atoms with Gasteiger partial charge in [-0.15, -0.1) is 6.58 Å². The minimum Gasteiger partial charge on any atom is -0.357 e. The molecule has 88 valence electrons. The fraction of sp³-hybridized carbons (Fsp3) is 0.417. The SMILES string of the molecule is C=CCNC(=NCCn1cccc1)NCC. The van der Waals surface area contributed by atoms with E-state index >= 15 is 0 Å². The summed E-state index contributed by atoms with van der Waals surface area (Å²) in [7, 11) is 0. The summed E-state index contributed by atoms with van der Waals surface area (Å²) >= 11 is 0. The second-order valence-corrected chi connectivity index (χ2v) is 3.35. The van der Waals surface area contributed by atoms with Crippen LogP contribution >= 0.6 is 0 Å². The summed E-state index contributed by atoms with van der Waals surface area (Å²) in [5.74, 6) is 0.842. The maximum absolute atomic E-state index is 4.45. The fourth-order valence-electron chi connectivity index (χ4n) is 1.31.